The third kappa shape index (κ3) is 2.69. The van der Waals surface area contributed by atoms with E-state index in [1.54, 1.807) is 0 Å². The highest BCUT2D eigenvalue weighted by Crippen LogP contribution is 2.26. The number of nitrogens with one attached hydrogen (secondary N) is 1. The molecule has 0 radical (unpaired) electrons. The lowest BCUT2D eigenvalue weighted by Crippen LogP contribution is -2.02. The van der Waals surface area contributed by atoms with E-state index >= 15 is 0 Å². The van der Waals surface area contributed by atoms with Crippen molar-refractivity contribution in [3.8, 4) is 5.69 Å². The van der Waals surface area contributed by atoms with Crippen LogP contribution < -0.4 is 0 Å². The summed E-state index contributed by atoms with van der Waals surface area (Å²) in [5.74, 6) is 0.955. The standard InChI is InChI=1S/C11H11Br2N3S/c1-2-3-10-14-15-11(17)16(10)9-6-7(12)4-5-8(9)13/h4-6H,2-3H2,1H3,(H,15,17). The number of halogens is 2. The van der Waals surface area contributed by atoms with Gasteiger partial charge in [0.1, 0.15) is 5.82 Å². The smallest absolute Gasteiger partial charge is 0.199 e. The Morgan fingerprint density at radius 3 is 2.88 bits per heavy atom. The highest BCUT2D eigenvalue weighted by atomic mass is 79.9. The Hall–Kier alpha value is -0.460. The summed E-state index contributed by atoms with van der Waals surface area (Å²) in [4.78, 5) is 0. The number of aromatic nitrogens is 3. The number of hydrogen-bond donors (Lipinski definition) is 1. The molecule has 17 heavy (non-hydrogen) atoms. The second-order valence-electron chi connectivity index (χ2n) is 3.63. The number of benzene rings is 1. The molecule has 0 amide bonds. The second-order valence-corrected chi connectivity index (χ2v) is 5.78. The van der Waals surface area contributed by atoms with E-state index in [4.69, 9.17) is 12.2 Å². The molecular weight excluding hydrogens is 366 g/mol. The Morgan fingerprint density at radius 2 is 2.18 bits per heavy atom. The molecule has 0 spiro atoms. The molecule has 3 nitrogen and oxygen atoms in total. The molecule has 1 N–H and O–H groups in total. The van der Waals surface area contributed by atoms with Crippen molar-refractivity contribution < 1.29 is 0 Å². The van der Waals surface area contributed by atoms with E-state index < -0.39 is 0 Å². The van der Waals surface area contributed by atoms with Crippen LogP contribution in [0.25, 0.3) is 5.69 Å². The van der Waals surface area contributed by atoms with Gasteiger partial charge in [-0.15, -0.1) is 0 Å². The monoisotopic (exact) mass is 375 g/mol. The number of H-pyrrole nitrogens is 1. The summed E-state index contributed by atoms with van der Waals surface area (Å²) in [5.41, 5.74) is 1.00. The molecule has 90 valence electrons. The Labute approximate surface area is 122 Å². The van der Waals surface area contributed by atoms with Crippen molar-refractivity contribution in [2.75, 3.05) is 0 Å². The predicted molar refractivity (Wildman–Crippen MR) is 78.1 cm³/mol. The maximum Gasteiger partial charge on any atom is 0.199 e. The van der Waals surface area contributed by atoms with Crippen LogP contribution in [0.15, 0.2) is 27.1 Å². The van der Waals surface area contributed by atoms with Gasteiger partial charge in [-0.2, -0.15) is 5.10 Å². The van der Waals surface area contributed by atoms with Crippen molar-refractivity contribution in [3.63, 3.8) is 0 Å². The fraction of sp³-hybridized carbons (Fsp3) is 0.273. The highest BCUT2D eigenvalue weighted by Gasteiger charge is 2.10. The van der Waals surface area contributed by atoms with E-state index in [1.165, 1.54) is 0 Å². The van der Waals surface area contributed by atoms with E-state index in [0.717, 1.165) is 33.3 Å². The fourth-order valence-electron chi connectivity index (χ4n) is 1.63. The van der Waals surface area contributed by atoms with Gasteiger partial charge in [-0.25, -0.2) is 0 Å². The summed E-state index contributed by atoms with van der Waals surface area (Å²) >= 11 is 12.3. The van der Waals surface area contributed by atoms with Gasteiger partial charge in [0.25, 0.3) is 0 Å². The SMILES string of the molecule is CCCc1n[nH]c(=S)n1-c1cc(Br)ccc1Br. The van der Waals surface area contributed by atoms with Crippen LogP contribution in [0, 0.1) is 4.77 Å². The molecule has 0 aliphatic rings. The minimum Gasteiger partial charge on any atom is -0.271 e. The van der Waals surface area contributed by atoms with Crippen LogP contribution >= 0.6 is 44.1 Å². The minimum absolute atomic E-state index is 0.618. The van der Waals surface area contributed by atoms with Crippen LogP contribution in [0.5, 0.6) is 0 Å². The van der Waals surface area contributed by atoms with Crippen LogP contribution in [-0.2, 0) is 6.42 Å². The lowest BCUT2D eigenvalue weighted by Gasteiger charge is -2.08. The molecule has 6 heteroatoms. The van der Waals surface area contributed by atoms with Gasteiger partial charge >= 0.3 is 0 Å². The molecule has 0 unspecified atom stereocenters. The zero-order valence-corrected chi connectivity index (χ0v) is 13.2. The van der Waals surface area contributed by atoms with E-state index in [1.807, 2.05) is 22.8 Å². The van der Waals surface area contributed by atoms with Crippen molar-refractivity contribution in [3.05, 3.63) is 37.7 Å². The van der Waals surface area contributed by atoms with E-state index in [0.29, 0.717) is 4.77 Å². The first-order chi connectivity index (χ1) is 8.13. The van der Waals surface area contributed by atoms with Gasteiger partial charge < -0.3 is 0 Å². The summed E-state index contributed by atoms with van der Waals surface area (Å²) < 4.78 is 4.59. The molecule has 0 aliphatic heterocycles. The molecule has 1 aromatic heterocycles. The summed E-state index contributed by atoms with van der Waals surface area (Å²) in [6.07, 6.45) is 1.93. The maximum absolute atomic E-state index is 5.28. The molecule has 0 saturated carbocycles. The molecule has 0 saturated heterocycles. The number of hydrogen-bond acceptors (Lipinski definition) is 2. The van der Waals surface area contributed by atoms with Crippen LogP contribution in [0.4, 0.5) is 0 Å². The number of nitrogens with zero attached hydrogens (tertiary/aromatic N) is 2. The fourth-order valence-corrected chi connectivity index (χ4v) is 2.65. The van der Waals surface area contributed by atoms with Gasteiger partial charge in [0.2, 0.25) is 0 Å². The van der Waals surface area contributed by atoms with Crippen LogP contribution in [-0.4, -0.2) is 14.8 Å². The third-order valence-corrected chi connectivity index (χ3v) is 3.80. The van der Waals surface area contributed by atoms with Gasteiger partial charge in [0.15, 0.2) is 4.77 Å². The molecule has 0 aliphatic carbocycles. The summed E-state index contributed by atoms with van der Waals surface area (Å²) in [7, 11) is 0. The molecule has 0 bridgehead atoms. The van der Waals surface area contributed by atoms with E-state index in [-0.39, 0.29) is 0 Å². The normalized spacial score (nSPS) is 10.8. The topological polar surface area (TPSA) is 33.6 Å². The molecule has 2 rings (SSSR count). The minimum atomic E-state index is 0.618. The molecule has 1 aromatic carbocycles. The largest absolute Gasteiger partial charge is 0.271 e. The Kier molecular flexibility index (Phi) is 4.17. The van der Waals surface area contributed by atoms with Crippen molar-refractivity contribution in [1.29, 1.82) is 0 Å². The zero-order valence-electron chi connectivity index (χ0n) is 9.20. The van der Waals surface area contributed by atoms with Crippen LogP contribution in [0.3, 0.4) is 0 Å². The van der Waals surface area contributed by atoms with Gasteiger partial charge in [-0.3, -0.25) is 9.67 Å². The van der Waals surface area contributed by atoms with E-state index in [9.17, 15) is 0 Å². The average Bonchev–Trinajstić information content (AvgIpc) is 2.64. The maximum atomic E-state index is 5.28. The van der Waals surface area contributed by atoms with Crippen LogP contribution in [0.2, 0.25) is 0 Å². The van der Waals surface area contributed by atoms with Crippen LogP contribution in [0.1, 0.15) is 19.2 Å². The molecule has 0 atom stereocenters. The quantitative estimate of drug-likeness (QED) is 0.805. The highest BCUT2D eigenvalue weighted by molar-refractivity contribution is 9.11. The number of aryl methyl sites for hydroxylation is 1. The predicted octanol–water partition coefficient (Wildman–Crippen LogP) is 4.41. The molecular formula is C11H11Br2N3S. The first kappa shape index (κ1) is 13.0. The summed E-state index contributed by atoms with van der Waals surface area (Å²) in [6.45, 7) is 2.12. The van der Waals surface area contributed by atoms with Gasteiger partial charge in [-0.1, -0.05) is 22.9 Å². The van der Waals surface area contributed by atoms with Crippen molar-refractivity contribution >= 4 is 44.1 Å². The number of aromatic amines is 1. The van der Waals surface area contributed by atoms with Gasteiger partial charge in [0, 0.05) is 15.4 Å². The zero-order chi connectivity index (χ0) is 12.4. The Bertz CT molecular complexity index is 589. The average molecular weight is 377 g/mol. The lowest BCUT2D eigenvalue weighted by molar-refractivity contribution is 0.800. The molecule has 1 heterocycles. The lowest BCUT2D eigenvalue weighted by atomic mass is 10.3. The summed E-state index contributed by atoms with van der Waals surface area (Å²) in [6, 6.07) is 6.00. The molecule has 2 aromatic rings. The van der Waals surface area contributed by atoms with Crippen molar-refractivity contribution in [2.45, 2.75) is 19.8 Å². The third-order valence-electron chi connectivity index (χ3n) is 2.36. The first-order valence-electron chi connectivity index (χ1n) is 5.25. The van der Waals surface area contributed by atoms with Gasteiger partial charge in [-0.05, 0) is 52.8 Å². The first-order valence-corrected chi connectivity index (χ1v) is 7.24. The van der Waals surface area contributed by atoms with Crippen molar-refractivity contribution in [1.82, 2.24) is 14.8 Å². The second kappa shape index (κ2) is 5.46. The van der Waals surface area contributed by atoms with Gasteiger partial charge in [0.05, 0.1) is 5.69 Å². The Balaban J connectivity index is 2.63. The Morgan fingerprint density at radius 1 is 1.41 bits per heavy atom. The summed E-state index contributed by atoms with van der Waals surface area (Å²) in [5, 5.41) is 7.11. The number of rotatable bonds is 3. The van der Waals surface area contributed by atoms with E-state index in [2.05, 4.69) is 49.0 Å². The van der Waals surface area contributed by atoms with Crippen molar-refractivity contribution in [2.24, 2.45) is 0 Å². The molecule has 0 fully saturated rings.